The summed E-state index contributed by atoms with van der Waals surface area (Å²) < 4.78 is 5.33. The lowest BCUT2D eigenvalue weighted by Gasteiger charge is -2.20. The third kappa shape index (κ3) is 5.56. The van der Waals surface area contributed by atoms with Crippen LogP contribution in [-0.2, 0) is 14.3 Å². The molecule has 3 N–H and O–H groups in total. The maximum absolute atomic E-state index is 12.7. The second-order valence-corrected chi connectivity index (χ2v) is 8.52. The fraction of sp³-hybridized carbons (Fsp3) is 0.238. The van der Waals surface area contributed by atoms with Gasteiger partial charge in [0, 0.05) is 21.4 Å². The minimum Gasteiger partial charge on any atom is -0.449 e. The second-order valence-electron chi connectivity index (χ2n) is 7.07. The zero-order valence-corrected chi connectivity index (χ0v) is 18.3. The van der Waals surface area contributed by atoms with E-state index in [4.69, 9.17) is 16.3 Å². The molecule has 0 spiro atoms. The van der Waals surface area contributed by atoms with E-state index in [1.165, 1.54) is 18.7 Å². The van der Waals surface area contributed by atoms with E-state index in [0.717, 1.165) is 0 Å². The lowest BCUT2D eigenvalue weighted by atomic mass is 10.1. The Hall–Kier alpha value is -3.04. The number of carbonyl (C=O) groups is 4. The van der Waals surface area contributed by atoms with Gasteiger partial charge in [0.25, 0.3) is 11.8 Å². The van der Waals surface area contributed by atoms with Crippen LogP contribution < -0.4 is 16.0 Å². The molecule has 31 heavy (non-hydrogen) atoms. The number of nitrogens with one attached hydrogen (secondary N) is 3. The van der Waals surface area contributed by atoms with E-state index in [1.807, 2.05) is 0 Å². The van der Waals surface area contributed by atoms with Gasteiger partial charge >= 0.3 is 12.0 Å². The van der Waals surface area contributed by atoms with Gasteiger partial charge in [-0.05, 0) is 50.2 Å². The Labute approximate surface area is 188 Å². The molecule has 4 amide bonds. The molecule has 1 heterocycles. The summed E-state index contributed by atoms with van der Waals surface area (Å²) in [5.41, 5.74) is -0.310. The van der Waals surface area contributed by atoms with Gasteiger partial charge in [-0.2, -0.15) is 0 Å². The van der Waals surface area contributed by atoms with E-state index >= 15 is 0 Å². The standard InChI is InChI=1S/C21H20ClN3O5S/c1-12(17(26)23-14-9-7-13(22)8-10-14)30-18(27)15-5-3-4-6-16(15)31-11-21(2)19(28)24-20(29)25-21/h3-10,12H,11H2,1-2H3,(H,23,26)(H2,24,25,28,29)/t12-,21-/m0/s1. The van der Waals surface area contributed by atoms with Crippen LogP contribution in [0.15, 0.2) is 53.4 Å². The predicted molar refractivity (Wildman–Crippen MR) is 117 cm³/mol. The van der Waals surface area contributed by atoms with Crippen LogP contribution in [0.3, 0.4) is 0 Å². The molecule has 2 atom stereocenters. The van der Waals surface area contributed by atoms with Crippen LogP contribution in [0.4, 0.5) is 10.5 Å². The number of imide groups is 1. The Kier molecular flexibility index (Phi) is 6.87. The maximum Gasteiger partial charge on any atom is 0.340 e. The molecule has 0 unspecified atom stereocenters. The summed E-state index contributed by atoms with van der Waals surface area (Å²) in [6.07, 6.45) is -1.04. The van der Waals surface area contributed by atoms with Crippen molar-refractivity contribution in [2.75, 3.05) is 11.1 Å². The molecule has 0 aromatic heterocycles. The number of anilines is 1. The highest BCUT2D eigenvalue weighted by Crippen LogP contribution is 2.28. The number of urea groups is 1. The average molecular weight is 462 g/mol. The molecule has 0 bridgehead atoms. The molecule has 1 fully saturated rings. The molecule has 1 aliphatic rings. The molecule has 162 valence electrons. The average Bonchev–Trinajstić information content (AvgIpc) is 2.99. The summed E-state index contributed by atoms with van der Waals surface area (Å²) in [5, 5.41) is 7.96. The zero-order chi connectivity index (χ0) is 22.6. The smallest absolute Gasteiger partial charge is 0.340 e. The number of halogens is 1. The number of rotatable bonds is 7. The van der Waals surface area contributed by atoms with Gasteiger partial charge in [0.05, 0.1) is 5.56 Å². The highest BCUT2D eigenvalue weighted by molar-refractivity contribution is 7.99. The number of esters is 1. The van der Waals surface area contributed by atoms with E-state index in [1.54, 1.807) is 55.5 Å². The molecule has 1 aliphatic heterocycles. The van der Waals surface area contributed by atoms with E-state index in [9.17, 15) is 19.2 Å². The Morgan fingerprint density at radius 2 is 1.84 bits per heavy atom. The van der Waals surface area contributed by atoms with Crippen molar-refractivity contribution in [1.82, 2.24) is 10.6 Å². The summed E-state index contributed by atoms with van der Waals surface area (Å²) in [6, 6.07) is 12.7. The summed E-state index contributed by atoms with van der Waals surface area (Å²) in [6.45, 7) is 3.07. The number of thioether (sulfide) groups is 1. The van der Waals surface area contributed by atoms with Crippen LogP contribution in [0.25, 0.3) is 0 Å². The fourth-order valence-corrected chi connectivity index (χ4v) is 3.97. The van der Waals surface area contributed by atoms with Gasteiger partial charge in [-0.3, -0.25) is 14.9 Å². The third-order valence-corrected chi connectivity index (χ3v) is 6.15. The van der Waals surface area contributed by atoms with Gasteiger partial charge in [0.1, 0.15) is 5.54 Å². The van der Waals surface area contributed by atoms with Gasteiger partial charge in [-0.15, -0.1) is 11.8 Å². The topological polar surface area (TPSA) is 114 Å². The quantitative estimate of drug-likeness (QED) is 0.331. The van der Waals surface area contributed by atoms with Crippen LogP contribution in [0, 0.1) is 0 Å². The minimum absolute atomic E-state index is 0.210. The SMILES string of the molecule is C[C@H](OC(=O)c1ccccc1SC[C@]1(C)NC(=O)NC1=O)C(=O)Nc1ccc(Cl)cc1. The lowest BCUT2D eigenvalue weighted by molar-refractivity contribution is -0.124. The Morgan fingerprint density at radius 1 is 1.16 bits per heavy atom. The summed E-state index contributed by atoms with van der Waals surface area (Å²) in [5.74, 6) is -1.38. The molecule has 8 nitrogen and oxygen atoms in total. The van der Waals surface area contributed by atoms with Crippen LogP contribution in [0.5, 0.6) is 0 Å². The largest absolute Gasteiger partial charge is 0.449 e. The van der Waals surface area contributed by atoms with Crippen molar-refractivity contribution >= 4 is 52.9 Å². The molecule has 0 saturated carbocycles. The second kappa shape index (κ2) is 9.40. The van der Waals surface area contributed by atoms with Crippen molar-refractivity contribution in [3.8, 4) is 0 Å². The first kappa shape index (κ1) is 22.6. The number of benzene rings is 2. The van der Waals surface area contributed by atoms with Crippen LogP contribution in [-0.4, -0.2) is 41.2 Å². The van der Waals surface area contributed by atoms with Gasteiger partial charge < -0.3 is 15.4 Å². The third-order valence-electron chi connectivity index (χ3n) is 4.51. The summed E-state index contributed by atoms with van der Waals surface area (Å²) in [7, 11) is 0. The van der Waals surface area contributed by atoms with E-state index < -0.39 is 35.5 Å². The number of amides is 4. The number of carbonyl (C=O) groups excluding carboxylic acids is 4. The van der Waals surface area contributed by atoms with Crippen LogP contribution in [0.2, 0.25) is 5.02 Å². The normalized spacial score (nSPS) is 18.7. The van der Waals surface area contributed by atoms with Gasteiger partial charge in [-0.1, -0.05) is 23.7 Å². The molecule has 0 radical (unpaired) electrons. The van der Waals surface area contributed by atoms with E-state index in [0.29, 0.717) is 15.6 Å². The minimum atomic E-state index is -1.09. The maximum atomic E-state index is 12.7. The molecule has 10 heteroatoms. The van der Waals surface area contributed by atoms with Crippen molar-refractivity contribution in [3.63, 3.8) is 0 Å². The number of ether oxygens (including phenoxy) is 1. The van der Waals surface area contributed by atoms with Gasteiger partial charge in [0.2, 0.25) is 0 Å². The molecule has 2 aromatic rings. The van der Waals surface area contributed by atoms with Crippen molar-refractivity contribution in [2.45, 2.75) is 30.4 Å². The molecule has 3 rings (SSSR count). The van der Waals surface area contributed by atoms with Crippen molar-refractivity contribution in [2.24, 2.45) is 0 Å². The number of hydrogen-bond donors (Lipinski definition) is 3. The highest BCUT2D eigenvalue weighted by Gasteiger charge is 2.42. The molecule has 0 aliphatic carbocycles. The first-order valence-electron chi connectivity index (χ1n) is 9.31. The Balaban J connectivity index is 1.63. The predicted octanol–water partition coefficient (Wildman–Crippen LogP) is 3.21. The first-order chi connectivity index (χ1) is 14.7. The summed E-state index contributed by atoms with van der Waals surface area (Å²) >= 11 is 7.05. The van der Waals surface area contributed by atoms with Crippen molar-refractivity contribution in [1.29, 1.82) is 0 Å². The van der Waals surface area contributed by atoms with Gasteiger partial charge in [0.15, 0.2) is 6.10 Å². The highest BCUT2D eigenvalue weighted by atomic mass is 35.5. The zero-order valence-electron chi connectivity index (χ0n) is 16.7. The monoisotopic (exact) mass is 461 g/mol. The van der Waals surface area contributed by atoms with Crippen molar-refractivity contribution in [3.05, 3.63) is 59.1 Å². The molecule has 2 aromatic carbocycles. The Morgan fingerprint density at radius 3 is 2.48 bits per heavy atom. The fourth-order valence-electron chi connectivity index (χ4n) is 2.72. The van der Waals surface area contributed by atoms with E-state index in [2.05, 4.69) is 16.0 Å². The molecular weight excluding hydrogens is 442 g/mol. The summed E-state index contributed by atoms with van der Waals surface area (Å²) in [4.78, 5) is 49.0. The van der Waals surface area contributed by atoms with Gasteiger partial charge in [-0.25, -0.2) is 9.59 Å². The van der Waals surface area contributed by atoms with Crippen LogP contribution >= 0.6 is 23.4 Å². The van der Waals surface area contributed by atoms with Crippen molar-refractivity contribution < 1.29 is 23.9 Å². The number of hydrogen-bond acceptors (Lipinski definition) is 6. The molecule has 1 saturated heterocycles. The van der Waals surface area contributed by atoms with E-state index in [-0.39, 0.29) is 11.3 Å². The van der Waals surface area contributed by atoms with Crippen LogP contribution in [0.1, 0.15) is 24.2 Å². The lowest BCUT2D eigenvalue weighted by Crippen LogP contribution is -2.46. The molecular formula is C21H20ClN3O5S. The first-order valence-corrected chi connectivity index (χ1v) is 10.7. The Bertz CT molecular complexity index is 1030.